The first kappa shape index (κ1) is 17.0. The summed E-state index contributed by atoms with van der Waals surface area (Å²) in [6.45, 7) is 5.98. The SMILES string of the molecule is C=CCNC(=O)Cc1cc(=O)[nH]c(SC(C)c2ccccc2)n1. The smallest absolute Gasteiger partial charge is 0.251 e. The Morgan fingerprint density at radius 2 is 2.17 bits per heavy atom. The Bertz CT molecular complexity index is 728. The number of carbonyl (C=O) groups is 1. The standard InChI is InChI=1S/C17H19N3O2S/c1-3-9-18-15(21)10-14-11-16(22)20-17(19-14)23-12(2)13-7-5-4-6-8-13/h3-8,11-12H,1,9-10H2,2H3,(H,18,21)(H,19,20,22). The molecule has 1 aromatic heterocycles. The molecule has 0 radical (unpaired) electrons. The van der Waals surface area contributed by atoms with E-state index in [1.54, 1.807) is 6.08 Å². The summed E-state index contributed by atoms with van der Waals surface area (Å²) in [7, 11) is 0. The molecule has 2 N–H and O–H groups in total. The Morgan fingerprint density at radius 3 is 2.87 bits per heavy atom. The summed E-state index contributed by atoms with van der Waals surface area (Å²) in [6, 6.07) is 11.3. The van der Waals surface area contributed by atoms with E-state index in [0.29, 0.717) is 17.4 Å². The van der Waals surface area contributed by atoms with Crippen molar-refractivity contribution in [1.82, 2.24) is 15.3 Å². The van der Waals surface area contributed by atoms with Gasteiger partial charge in [-0.3, -0.25) is 9.59 Å². The fourth-order valence-corrected chi connectivity index (χ4v) is 2.96. The average molecular weight is 329 g/mol. The van der Waals surface area contributed by atoms with E-state index in [1.165, 1.54) is 17.8 Å². The minimum atomic E-state index is -0.255. The minimum Gasteiger partial charge on any atom is -0.352 e. The van der Waals surface area contributed by atoms with Gasteiger partial charge in [0.25, 0.3) is 5.56 Å². The number of aromatic amines is 1. The average Bonchev–Trinajstić information content (AvgIpc) is 2.53. The van der Waals surface area contributed by atoms with Crippen LogP contribution < -0.4 is 10.9 Å². The van der Waals surface area contributed by atoms with E-state index in [-0.39, 0.29) is 23.1 Å². The molecule has 2 rings (SSSR count). The van der Waals surface area contributed by atoms with Crippen molar-refractivity contribution in [3.05, 3.63) is 70.7 Å². The summed E-state index contributed by atoms with van der Waals surface area (Å²) in [4.78, 5) is 30.6. The van der Waals surface area contributed by atoms with Crippen LogP contribution in [0.3, 0.4) is 0 Å². The van der Waals surface area contributed by atoms with Gasteiger partial charge in [-0.15, -0.1) is 6.58 Å². The van der Waals surface area contributed by atoms with Crippen LogP contribution >= 0.6 is 11.8 Å². The van der Waals surface area contributed by atoms with Gasteiger partial charge in [-0.2, -0.15) is 0 Å². The fraction of sp³-hybridized carbons (Fsp3) is 0.235. The lowest BCUT2D eigenvalue weighted by Gasteiger charge is -2.11. The van der Waals surface area contributed by atoms with E-state index >= 15 is 0 Å². The first-order valence-electron chi connectivity index (χ1n) is 7.28. The Hall–Kier alpha value is -2.34. The Kier molecular flexibility index (Phi) is 6.17. The van der Waals surface area contributed by atoms with Crippen LogP contribution in [-0.4, -0.2) is 22.4 Å². The van der Waals surface area contributed by atoms with Crippen LogP contribution in [0, 0.1) is 0 Å². The maximum Gasteiger partial charge on any atom is 0.251 e. The Balaban J connectivity index is 2.09. The second-order valence-corrected chi connectivity index (χ2v) is 6.31. The topological polar surface area (TPSA) is 74.8 Å². The van der Waals surface area contributed by atoms with E-state index in [9.17, 15) is 9.59 Å². The van der Waals surface area contributed by atoms with Crippen molar-refractivity contribution in [3.63, 3.8) is 0 Å². The summed E-state index contributed by atoms with van der Waals surface area (Å²) in [5, 5.41) is 3.33. The van der Waals surface area contributed by atoms with E-state index < -0.39 is 0 Å². The lowest BCUT2D eigenvalue weighted by atomic mass is 10.2. The van der Waals surface area contributed by atoms with Crippen LogP contribution in [0.15, 0.2) is 59.0 Å². The molecule has 1 aromatic carbocycles. The second kappa shape index (κ2) is 8.33. The molecule has 0 fully saturated rings. The Labute approximate surface area is 139 Å². The third-order valence-corrected chi connectivity index (χ3v) is 4.16. The first-order chi connectivity index (χ1) is 11.1. The van der Waals surface area contributed by atoms with Crippen LogP contribution in [0.4, 0.5) is 0 Å². The number of hydrogen-bond acceptors (Lipinski definition) is 4. The zero-order chi connectivity index (χ0) is 16.7. The van der Waals surface area contributed by atoms with Gasteiger partial charge in [0.1, 0.15) is 0 Å². The van der Waals surface area contributed by atoms with Crippen LogP contribution in [0.25, 0.3) is 0 Å². The summed E-state index contributed by atoms with van der Waals surface area (Å²) in [6.07, 6.45) is 1.68. The molecule has 6 heteroatoms. The van der Waals surface area contributed by atoms with Crippen molar-refractivity contribution in [1.29, 1.82) is 0 Å². The third-order valence-electron chi connectivity index (χ3n) is 3.12. The molecule has 0 spiro atoms. The summed E-state index contributed by atoms with van der Waals surface area (Å²) in [5.74, 6) is -0.185. The van der Waals surface area contributed by atoms with E-state index in [1.807, 2.05) is 37.3 Å². The van der Waals surface area contributed by atoms with E-state index in [0.717, 1.165) is 5.56 Å². The summed E-state index contributed by atoms with van der Waals surface area (Å²) in [5.41, 5.74) is 1.35. The van der Waals surface area contributed by atoms with Gasteiger partial charge in [0.05, 0.1) is 12.1 Å². The number of hydrogen-bond donors (Lipinski definition) is 2. The van der Waals surface area contributed by atoms with Crippen molar-refractivity contribution in [2.24, 2.45) is 0 Å². The van der Waals surface area contributed by atoms with Gasteiger partial charge in [-0.1, -0.05) is 48.2 Å². The third kappa shape index (κ3) is 5.41. The van der Waals surface area contributed by atoms with Crippen molar-refractivity contribution in [2.45, 2.75) is 23.8 Å². The number of aromatic nitrogens is 2. The highest BCUT2D eigenvalue weighted by molar-refractivity contribution is 7.99. The molecule has 1 amide bonds. The number of thioether (sulfide) groups is 1. The molecule has 0 bridgehead atoms. The zero-order valence-electron chi connectivity index (χ0n) is 12.9. The molecule has 0 aliphatic carbocycles. The minimum absolute atomic E-state index is 0.0744. The molecule has 1 atom stereocenters. The molecular formula is C17H19N3O2S. The van der Waals surface area contributed by atoms with Gasteiger partial charge in [0.2, 0.25) is 5.91 Å². The maximum absolute atomic E-state index is 11.8. The molecule has 0 aliphatic heterocycles. The summed E-state index contributed by atoms with van der Waals surface area (Å²) < 4.78 is 0. The van der Waals surface area contributed by atoms with Crippen molar-refractivity contribution in [2.75, 3.05) is 6.54 Å². The van der Waals surface area contributed by atoms with Gasteiger partial charge in [-0.05, 0) is 12.5 Å². The van der Waals surface area contributed by atoms with Gasteiger partial charge in [-0.25, -0.2) is 4.98 Å². The van der Waals surface area contributed by atoms with Crippen molar-refractivity contribution < 1.29 is 4.79 Å². The summed E-state index contributed by atoms with van der Waals surface area (Å²) >= 11 is 1.46. The van der Waals surface area contributed by atoms with Crippen LogP contribution in [0.5, 0.6) is 0 Å². The lowest BCUT2D eigenvalue weighted by molar-refractivity contribution is -0.120. The molecule has 1 heterocycles. The lowest BCUT2D eigenvalue weighted by Crippen LogP contribution is -2.26. The zero-order valence-corrected chi connectivity index (χ0v) is 13.7. The number of benzene rings is 1. The van der Waals surface area contributed by atoms with Crippen LogP contribution in [0.1, 0.15) is 23.4 Å². The monoisotopic (exact) mass is 329 g/mol. The second-order valence-electron chi connectivity index (χ2n) is 4.98. The predicted octanol–water partition coefficient (Wildman–Crippen LogP) is 2.47. The van der Waals surface area contributed by atoms with Crippen molar-refractivity contribution in [3.8, 4) is 0 Å². The number of nitrogens with zero attached hydrogens (tertiary/aromatic N) is 1. The van der Waals surface area contributed by atoms with Crippen molar-refractivity contribution >= 4 is 17.7 Å². The molecule has 1 unspecified atom stereocenters. The molecule has 2 aromatic rings. The van der Waals surface area contributed by atoms with Gasteiger partial charge < -0.3 is 10.3 Å². The maximum atomic E-state index is 11.8. The number of nitrogens with one attached hydrogen (secondary N) is 2. The van der Waals surface area contributed by atoms with Gasteiger partial charge in [0, 0.05) is 17.9 Å². The van der Waals surface area contributed by atoms with E-state index in [2.05, 4.69) is 21.9 Å². The number of carbonyl (C=O) groups excluding carboxylic acids is 1. The highest BCUT2D eigenvalue weighted by Gasteiger charge is 2.11. The molecule has 23 heavy (non-hydrogen) atoms. The van der Waals surface area contributed by atoms with E-state index in [4.69, 9.17) is 0 Å². The normalized spacial score (nSPS) is 11.7. The van der Waals surface area contributed by atoms with Crippen LogP contribution in [0.2, 0.25) is 0 Å². The highest BCUT2D eigenvalue weighted by atomic mass is 32.2. The molecule has 0 saturated heterocycles. The Morgan fingerprint density at radius 1 is 1.43 bits per heavy atom. The molecule has 120 valence electrons. The number of amides is 1. The number of H-pyrrole nitrogens is 1. The number of rotatable bonds is 7. The quantitative estimate of drug-likeness (QED) is 0.465. The van der Waals surface area contributed by atoms with Gasteiger partial charge in [0.15, 0.2) is 5.16 Å². The molecule has 5 nitrogen and oxygen atoms in total. The fourth-order valence-electron chi connectivity index (χ4n) is 2.00. The molecule has 0 aliphatic rings. The van der Waals surface area contributed by atoms with Gasteiger partial charge >= 0.3 is 0 Å². The molecular weight excluding hydrogens is 310 g/mol. The first-order valence-corrected chi connectivity index (χ1v) is 8.16. The highest BCUT2D eigenvalue weighted by Crippen LogP contribution is 2.31. The van der Waals surface area contributed by atoms with Crippen LogP contribution in [-0.2, 0) is 11.2 Å². The molecule has 0 saturated carbocycles. The predicted molar refractivity (Wildman–Crippen MR) is 92.5 cm³/mol. The largest absolute Gasteiger partial charge is 0.352 e.